The molecule has 1 aliphatic rings. The lowest BCUT2D eigenvalue weighted by Crippen LogP contribution is -2.26. The zero-order valence-corrected chi connectivity index (χ0v) is 9.99. The molecule has 0 spiro atoms. The van der Waals surface area contributed by atoms with Gasteiger partial charge in [-0.1, -0.05) is 49.0 Å². The molecule has 0 aromatic heterocycles. The number of hydrogen-bond donors (Lipinski definition) is 0. The summed E-state index contributed by atoms with van der Waals surface area (Å²) in [6, 6.07) is 0. The summed E-state index contributed by atoms with van der Waals surface area (Å²) in [5, 5.41) is 1.16. The van der Waals surface area contributed by atoms with Crippen LogP contribution in [0.3, 0.4) is 0 Å². The zero-order valence-electron chi connectivity index (χ0n) is 8.41. The van der Waals surface area contributed by atoms with Gasteiger partial charge in [-0.05, 0) is 30.6 Å². The molecule has 0 bridgehead atoms. The minimum Gasteiger partial charge on any atom is -0.0928 e. The lowest BCUT2D eigenvalue weighted by Gasteiger charge is -2.36. The van der Waals surface area contributed by atoms with Crippen LogP contribution in [-0.2, 0) is 0 Å². The third kappa shape index (κ3) is 2.76. The number of halogens is 1. The van der Waals surface area contributed by atoms with E-state index in [0.717, 1.165) is 11.2 Å². The first-order valence-electron chi connectivity index (χ1n) is 5.23. The fraction of sp³-hybridized carbons (Fsp3) is 1.00. The average Bonchev–Trinajstić information content (AvgIpc) is 2.06. The van der Waals surface area contributed by atoms with Crippen molar-refractivity contribution in [3.05, 3.63) is 0 Å². The van der Waals surface area contributed by atoms with Crippen molar-refractivity contribution < 1.29 is 0 Å². The van der Waals surface area contributed by atoms with Gasteiger partial charge >= 0.3 is 0 Å². The van der Waals surface area contributed by atoms with E-state index in [4.69, 9.17) is 0 Å². The quantitative estimate of drug-likeness (QED) is 0.634. The zero-order chi connectivity index (χ0) is 9.03. The second-order valence-electron chi connectivity index (χ2n) is 4.76. The molecule has 0 heterocycles. The maximum absolute atomic E-state index is 3.55. The first kappa shape index (κ1) is 10.6. The fourth-order valence-corrected chi connectivity index (χ4v) is 3.35. The SMILES string of the molecule is CC(C)(CCBr)C1CCCCC1. The summed E-state index contributed by atoms with van der Waals surface area (Å²) in [7, 11) is 0. The molecule has 1 heteroatoms. The predicted molar refractivity (Wildman–Crippen MR) is 58.8 cm³/mol. The van der Waals surface area contributed by atoms with E-state index in [1.807, 2.05) is 0 Å². The molecule has 1 aliphatic carbocycles. The van der Waals surface area contributed by atoms with Crippen molar-refractivity contribution in [2.75, 3.05) is 5.33 Å². The van der Waals surface area contributed by atoms with Gasteiger partial charge in [0.25, 0.3) is 0 Å². The van der Waals surface area contributed by atoms with E-state index < -0.39 is 0 Å². The lowest BCUT2D eigenvalue weighted by molar-refractivity contribution is 0.154. The summed E-state index contributed by atoms with van der Waals surface area (Å²) in [6.45, 7) is 4.87. The first-order valence-corrected chi connectivity index (χ1v) is 6.35. The van der Waals surface area contributed by atoms with E-state index in [1.54, 1.807) is 0 Å². The average molecular weight is 233 g/mol. The van der Waals surface area contributed by atoms with Gasteiger partial charge < -0.3 is 0 Å². The largest absolute Gasteiger partial charge is 0.0928 e. The maximum atomic E-state index is 3.55. The molecule has 1 rings (SSSR count). The normalized spacial score (nSPS) is 21.2. The minimum atomic E-state index is 0.573. The third-order valence-corrected chi connectivity index (χ3v) is 3.85. The van der Waals surface area contributed by atoms with Crippen molar-refractivity contribution in [3.63, 3.8) is 0 Å². The van der Waals surface area contributed by atoms with Gasteiger partial charge in [0.2, 0.25) is 0 Å². The smallest absolute Gasteiger partial charge is 0.00364 e. The maximum Gasteiger partial charge on any atom is 0.00364 e. The molecule has 0 aromatic rings. The van der Waals surface area contributed by atoms with Crippen LogP contribution >= 0.6 is 15.9 Å². The molecule has 0 aromatic carbocycles. The van der Waals surface area contributed by atoms with Crippen LogP contribution in [0.1, 0.15) is 52.4 Å². The molecule has 0 N–H and O–H groups in total. The Morgan fingerprint density at radius 3 is 2.25 bits per heavy atom. The Labute approximate surface area is 85.3 Å². The van der Waals surface area contributed by atoms with Crippen LogP contribution in [0.5, 0.6) is 0 Å². The monoisotopic (exact) mass is 232 g/mol. The molecule has 0 amide bonds. The second kappa shape index (κ2) is 4.64. The van der Waals surface area contributed by atoms with E-state index in [0.29, 0.717) is 5.41 Å². The standard InChI is InChI=1S/C11H21Br/c1-11(2,8-9-12)10-6-4-3-5-7-10/h10H,3-9H2,1-2H3. The molecular formula is C11H21Br. The van der Waals surface area contributed by atoms with Crippen molar-refractivity contribution in [1.82, 2.24) is 0 Å². The molecule has 0 nitrogen and oxygen atoms in total. The van der Waals surface area contributed by atoms with Crippen LogP contribution in [0.2, 0.25) is 0 Å². The van der Waals surface area contributed by atoms with Crippen LogP contribution in [0.25, 0.3) is 0 Å². The summed E-state index contributed by atoms with van der Waals surface area (Å²) in [6.07, 6.45) is 8.69. The summed E-state index contributed by atoms with van der Waals surface area (Å²) in [5.74, 6) is 0.990. The number of hydrogen-bond acceptors (Lipinski definition) is 0. The Morgan fingerprint density at radius 1 is 1.17 bits per heavy atom. The van der Waals surface area contributed by atoms with E-state index in [2.05, 4.69) is 29.8 Å². The van der Waals surface area contributed by atoms with Crippen molar-refractivity contribution in [2.45, 2.75) is 52.4 Å². The Kier molecular flexibility index (Phi) is 4.09. The molecule has 0 saturated heterocycles. The highest BCUT2D eigenvalue weighted by Gasteiger charge is 2.29. The van der Waals surface area contributed by atoms with Crippen LogP contribution < -0.4 is 0 Å². The second-order valence-corrected chi connectivity index (χ2v) is 5.56. The molecule has 1 saturated carbocycles. The van der Waals surface area contributed by atoms with E-state index >= 15 is 0 Å². The fourth-order valence-electron chi connectivity index (χ4n) is 2.33. The van der Waals surface area contributed by atoms with Crippen molar-refractivity contribution in [3.8, 4) is 0 Å². The topological polar surface area (TPSA) is 0 Å². The highest BCUT2D eigenvalue weighted by molar-refractivity contribution is 9.09. The van der Waals surface area contributed by atoms with Gasteiger partial charge in [-0.15, -0.1) is 0 Å². The Bertz CT molecular complexity index is 123. The van der Waals surface area contributed by atoms with Crippen molar-refractivity contribution >= 4 is 15.9 Å². The molecule has 12 heavy (non-hydrogen) atoms. The van der Waals surface area contributed by atoms with Gasteiger partial charge in [0.1, 0.15) is 0 Å². The first-order chi connectivity index (χ1) is 5.67. The summed E-state index contributed by atoms with van der Waals surface area (Å²) in [5.41, 5.74) is 0.573. The van der Waals surface area contributed by atoms with Gasteiger partial charge in [0.15, 0.2) is 0 Å². The molecule has 0 aliphatic heterocycles. The number of rotatable bonds is 3. The van der Waals surface area contributed by atoms with E-state index in [-0.39, 0.29) is 0 Å². The summed E-state index contributed by atoms with van der Waals surface area (Å²) < 4.78 is 0. The molecule has 72 valence electrons. The van der Waals surface area contributed by atoms with Gasteiger partial charge in [0.05, 0.1) is 0 Å². The van der Waals surface area contributed by atoms with Crippen LogP contribution in [-0.4, -0.2) is 5.33 Å². The summed E-state index contributed by atoms with van der Waals surface area (Å²) >= 11 is 3.55. The predicted octanol–water partition coefficient (Wildman–Crippen LogP) is 4.38. The van der Waals surface area contributed by atoms with Crippen LogP contribution in [0.15, 0.2) is 0 Å². The molecule has 1 fully saturated rings. The van der Waals surface area contributed by atoms with Crippen LogP contribution in [0, 0.1) is 11.3 Å². The van der Waals surface area contributed by atoms with Crippen LogP contribution in [0.4, 0.5) is 0 Å². The Hall–Kier alpha value is 0.480. The van der Waals surface area contributed by atoms with Crippen molar-refractivity contribution in [1.29, 1.82) is 0 Å². The summed E-state index contributed by atoms with van der Waals surface area (Å²) in [4.78, 5) is 0. The molecule has 0 atom stereocenters. The van der Waals surface area contributed by atoms with Gasteiger partial charge in [-0.2, -0.15) is 0 Å². The molecular weight excluding hydrogens is 212 g/mol. The Balaban J connectivity index is 2.41. The van der Waals surface area contributed by atoms with Gasteiger partial charge in [-0.3, -0.25) is 0 Å². The Morgan fingerprint density at radius 2 is 1.75 bits per heavy atom. The minimum absolute atomic E-state index is 0.573. The third-order valence-electron chi connectivity index (χ3n) is 3.45. The highest BCUT2D eigenvalue weighted by Crippen LogP contribution is 2.40. The van der Waals surface area contributed by atoms with Crippen molar-refractivity contribution in [2.24, 2.45) is 11.3 Å². The molecule has 0 radical (unpaired) electrons. The number of alkyl halides is 1. The van der Waals surface area contributed by atoms with E-state index in [9.17, 15) is 0 Å². The van der Waals surface area contributed by atoms with Gasteiger partial charge in [0, 0.05) is 5.33 Å². The van der Waals surface area contributed by atoms with E-state index in [1.165, 1.54) is 38.5 Å². The lowest BCUT2D eigenvalue weighted by atomic mass is 9.70. The molecule has 0 unspecified atom stereocenters. The highest BCUT2D eigenvalue weighted by atomic mass is 79.9. The van der Waals surface area contributed by atoms with Gasteiger partial charge in [-0.25, -0.2) is 0 Å².